The Morgan fingerprint density at radius 3 is 3.00 bits per heavy atom. The highest BCUT2D eigenvalue weighted by Gasteiger charge is 2.21. The summed E-state index contributed by atoms with van der Waals surface area (Å²) < 4.78 is 26.3. The Kier molecular flexibility index (Phi) is 4.44. The second-order valence-corrected chi connectivity index (χ2v) is 4.73. The Morgan fingerprint density at radius 2 is 2.32 bits per heavy atom. The number of halogens is 2. The first-order valence-electron chi connectivity index (χ1n) is 6.22. The fourth-order valence-electron chi connectivity index (χ4n) is 2.15. The molecule has 2 N–H and O–H groups in total. The second kappa shape index (κ2) is 6.08. The van der Waals surface area contributed by atoms with Crippen LogP contribution in [-0.4, -0.2) is 43.5 Å². The van der Waals surface area contributed by atoms with E-state index in [4.69, 9.17) is 0 Å². The van der Waals surface area contributed by atoms with E-state index in [0.717, 1.165) is 37.7 Å². The summed E-state index contributed by atoms with van der Waals surface area (Å²) >= 11 is 0. The number of anilines is 1. The van der Waals surface area contributed by atoms with Crippen molar-refractivity contribution in [3.8, 4) is 0 Å². The zero-order valence-electron chi connectivity index (χ0n) is 10.7. The quantitative estimate of drug-likeness (QED) is 0.863. The molecule has 6 heteroatoms. The fraction of sp³-hybridized carbons (Fsp3) is 0.462. The lowest BCUT2D eigenvalue weighted by atomic mass is 10.2. The van der Waals surface area contributed by atoms with Crippen molar-refractivity contribution >= 4 is 11.6 Å². The Balaban J connectivity index is 1.91. The number of nitrogens with zero attached hydrogens (tertiary/aromatic N) is 1. The van der Waals surface area contributed by atoms with E-state index in [1.54, 1.807) is 0 Å². The Morgan fingerprint density at radius 1 is 1.53 bits per heavy atom. The van der Waals surface area contributed by atoms with Crippen LogP contribution in [0.3, 0.4) is 0 Å². The molecule has 1 heterocycles. The summed E-state index contributed by atoms with van der Waals surface area (Å²) in [5.74, 6) is -1.57. The lowest BCUT2D eigenvalue weighted by Crippen LogP contribution is -2.39. The van der Waals surface area contributed by atoms with Gasteiger partial charge in [-0.1, -0.05) is 0 Å². The lowest BCUT2D eigenvalue weighted by Gasteiger charge is -2.22. The minimum atomic E-state index is -0.639. The van der Waals surface area contributed by atoms with Crippen molar-refractivity contribution in [3.05, 3.63) is 29.8 Å². The van der Waals surface area contributed by atoms with E-state index in [0.29, 0.717) is 6.04 Å². The van der Waals surface area contributed by atoms with Gasteiger partial charge in [0.15, 0.2) is 0 Å². The molecule has 0 aromatic heterocycles. The SMILES string of the molecule is CN(CC(=O)Nc1cc(F)ccc1F)C1CCNC1. The van der Waals surface area contributed by atoms with Crippen LogP contribution in [0.4, 0.5) is 14.5 Å². The number of likely N-dealkylation sites (N-methyl/N-ethyl adjacent to an activating group) is 1. The smallest absolute Gasteiger partial charge is 0.238 e. The molecule has 0 spiro atoms. The van der Waals surface area contributed by atoms with Gasteiger partial charge in [0.25, 0.3) is 0 Å². The van der Waals surface area contributed by atoms with Crippen molar-refractivity contribution in [2.45, 2.75) is 12.5 Å². The third kappa shape index (κ3) is 3.71. The van der Waals surface area contributed by atoms with Crippen molar-refractivity contribution in [2.75, 3.05) is 32.0 Å². The number of amides is 1. The minimum absolute atomic E-state index is 0.122. The molecular formula is C13H17F2N3O. The van der Waals surface area contributed by atoms with Crippen LogP contribution in [-0.2, 0) is 4.79 Å². The highest BCUT2D eigenvalue weighted by atomic mass is 19.1. The van der Waals surface area contributed by atoms with Gasteiger partial charge in [-0.3, -0.25) is 9.69 Å². The summed E-state index contributed by atoms with van der Waals surface area (Å²) in [4.78, 5) is 13.7. The Hall–Kier alpha value is -1.53. The highest BCUT2D eigenvalue weighted by molar-refractivity contribution is 5.92. The molecule has 1 aromatic rings. The number of carbonyl (C=O) groups excluding carboxylic acids is 1. The van der Waals surface area contributed by atoms with E-state index >= 15 is 0 Å². The van der Waals surface area contributed by atoms with Gasteiger partial charge in [0.05, 0.1) is 12.2 Å². The van der Waals surface area contributed by atoms with E-state index in [-0.39, 0.29) is 18.1 Å². The van der Waals surface area contributed by atoms with Gasteiger partial charge in [-0.05, 0) is 32.1 Å². The first kappa shape index (κ1) is 13.9. The molecule has 0 radical (unpaired) electrons. The Bertz CT molecular complexity index is 461. The van der Waals surface area contributed by atoms with E-state index in [2.05, 4.69) is 10.6 Å². The molecule has 0 aliphatic carbocycles. The molecule has 0 bridgehead atoms. The van der Waals surface area contributed by atoms with Gasteiger partial charge in [0.2, 0.25) is 5.91 Å². The van der Waals surface area contributed by atoms with Crippen LogP contribution in [0.1, 0.15) is 6.42 Å². The minimum Gasteiger partial charge on any atom is -0.322 e. The number of rotatable bonds is 4. The van der Waals surface area contributed by atoms with Crippen molar-refractivity contribution in [2.24, 2.45) is 0 Å². The van der Waals surface area contributed by atoms with Gasteiger partial charge >= 0.3 is 0 Å². The Labute approximate surface area is 110 Å². The van der Waals surface area contributed by atoms with Gasteiger partial charge in [-0.2, -0.15) is 0 Å². The van der Waals surface area contributed by atoms with Crippen molar-refractivity contribution in [3.63, 3.8) is 0 Å². The first-order chi connectivity index (χ1) is 9.06. The van der Waals surface area contributed by atoms with E-state index in [1.165, 1.54) is 0 Å². The predicted octanol–water partition coefficient (Wildman–Crippen LogP) is 1.20. The molecule has 19 heavy (non-hydrogen) atoms. The maximum Gasteiger partial charge on any atom is 0.238 e. The van der Waals surface area contributed by atoms with Gasteiger partial charge < -0.3 is 10.6 Å². The molecular weight excluding hydrogens is 252 g/mol. The lowest BCUT2D eigenvalue weighted by molar-refractivity contribution is -0.117. The van der Waals surface area contributed by atoms with Crippen LogP contribution >= 0.6 is 0 Å². The van der Waals surface area contributed by atoms with Gasteiger partial charge in [-0.15, -0.1) is 0 Å². The van der Waals surface area contributed by atoms with E-state index in [9.17, 15) is 13.6 Å². The van der Waals surface area contributed by atoms with Crippen LogP contribution in [0.5, 0.6) is 0 Å². The highest BCUT2D eigenvalue weighted by Crippen LogP contribution is 2.15. The van der Waals surface area contributed by atoms with Crippen LogP contribution in [0.15, 0.2) is 18.2 Å². The van der Waals surface area contributed by atoms with Crippen LogP contribution in [0.2, 0.25) is 0 Å². The molecule has 1 fully saturated rings. The number of hydrogen-bond donors (Lipinski definition) is 2. The largest absolute Gasteiger partial charge is 0.322 e. The number of hydrogen-bond acceptors (Lipinski definition) is 3. The van der Waals surface area contributed by atoms with Crippen molar-refractivity contribution < 1.29 is 13.6 Å². The normalized spacial score (nSPS) is 18.8. The summed E-state index contributed by atoms with van der Waals surface area (Å²) in [6.07, 6.45) is 0.984. The molecule has 0 saturated carbocycles. The zero-order valence-corrected chi connectivity index (χ0v) is 10.7. The molecule has 1 aliphatic heterocycles. The summed E-state index contributed by atoms with van der Waals surface area (Å²) in [5, 5.41) is 5.60. The molecule has 104 valence electrons. The van der Waals surface area contributed by atoms with Crippen LogP contribution < -0.4 is 10.6 Å². The molecule has 1 atom stereocenters. The maximum atomic E-state index is 13.4. The van der Waals surface area contributed by atoms with Crippen LogP contribution in [0, 0.1) is 11.6 Å². The average molecular weight is 269 g/mol. The first-order valence-corrected chi connectivity index (χ1v) is 6.22. The zero-order chi connectivity index (χ0) is 13.8. The monoisotopic (exact) mass is 269 g/mol. The third-order valence-corrected chi connectivity index (χ3v) is 3.25. The number of nitrogens with one attached hydrogen (secondary N) is 2. The average Bonchev–Trinajstić information content (AvgIpc) is 2.87. The summed E-state index contributed by atoms with van der Waals surface area (Å²) in [7, 11) is 1.85. The molecule has 1 aliphatic rings. The van der Waals surface area contributed by atoms with Gasteiger partial charge in [-0.25, -0.2) is 8.78 Å². The second-order valence-electron chi connectivity index (χ2n) is 4.73. The van der Waals surface area contributed by atoms with Gasteiger partial charge in [0, 0.05) is 18.7 Å². The molecule has 2 rings (SSSR count). The number of benzene rings is 1. The van der Waals surface area contributed by atoms with Gasteiger partial charge in [0.1, 0.15) is 11.6 Å². The molecule has 1 aromatic carbocycles. The van der Waals surface area contributed by atoms with E-state index < -0.39 is 11.6 Å². The topological polar surface area (TPSA) is 44.4 Å². The molecule has 4 nitrogen and oxygen atoms in total. The maximum absolute atomic E-state index is 13.4. The standard InChI is InChI=1S/C13H17F2N3O/c1-18(10-4-5-16-7-10)8-13(19)17-12-6-9(14)2-3-11(12)15/h2-3,6,10,16H,4-5,7-8H2,1H3,(H,17,19). The molecule has 1 saturated heterocycles. The summed E-state index contributed by atoms with van der Waals surface area (Å²) in [5.41, 5.74) is -0.122. The molecule has 1 amide bonds. The summed E-state index contributed by atoms with van der Waals surface area (Å²) in [6.45, 7) is 1.94. The number of carbonyl (C=O) groups is 1. The predicted molar refractivity (Wildman–Crippen MR) is 68.9 cm³/mol. The van der Waals surface area contributed by atoms with E-state index in [1.807, 2.05) is 11.9 Å². The summed E-state index contributed by atoms with van der Waals surface area (Å²) in [6, 6.07) is 3.30. The van der Waals surface area contributed by atoms with Crippen molar-refractivity contribution in [1.82, 2.24) is 10.2 Å². The fourth-order valence-corrected chi connectivity index (χ4v) is 2.15. The van der Waals surface area contributed by atoms with Crippen molar-refractivity contribution in [1.29, 1.82) is 0 Å². The molecule has 1 unspecified atom stereocenters. The van der Waals surface area contributed by atoms with Crippen LogP contribution in [0.25, 0.3) is 0 Å². The third-order valence-electron chi connectivity index (χ3n) is 3.25.